The molecule has 23 heavy (non-hydrogen) atoms. The van der Waals surface area contributed by atoms with Gasteiger partial charge >= 0.3 is 0 Å². The molecule has 128 valence electrons. The van der Waals surface area contributed by atoms with E-state index in [-0.39, 0.29) is 13.2 Å². The van der Waals surface area contributed by atoms with Crippen LogP contribution in [0.3, 0.4) is 0 Å². The fourth-order valence-corrected chi connectivity index (χ4v) is 4.97. The maximum Gasteiger partial charge on any atom is 0.109 e. The summed E-state index contributed by atoms with van der Waals surface area (Å²) in [6.45, 7) is 5.02. The van der Waals surface area contributed by atoms with E-state index in [1.807, 2.05) is 29.2 Å². The van der Waals surface area contributed by atoms with Crippen LogP contribution in [0.1, 0.15) is 0 Å². The molecule has 6 heteroatoms. The Balaban J connectivity index is 2.04. The van der Waals surface area contributed by atoms with E-state index >= 15 is 0 Å². The third kappa shape index (κ3) is 4.29. The minimum atomic E-state index is -1.69. The van der Waals surface area contributed by atoms with E-state index in [2.05, 4.69) is 30.9 Å². The number of rotatable bonds is 5. The zero-order valence-electron chi connectivity index (χ0n) is 13.7. The molecule has 0 saturated carbocycles. The van der Waals surface area contributed by atoms with Crippen molar-refractivity contribution in [3.05, 3.63) is 42.1 Å². The predicted molar refractivity (Wildman–Crippen MR) is 93.2 cm³/mol. The van der Waals surface area contributed by atoms with Crippen molar-refractivity contribution in [2.75, 3.05) is 19.7 Å². The van der Waals surface area contributed by atoms with Gasteiger partial charge in [-0.15, -0.1) is 0 Å². The minimum absolute atomic E-state index is 0.237. The summed E-state index contributed by atoms with van der Waals surface area (Å²) in [5.74, 6) is 0. The number of aliphatic hydroxyl groups excluding tert-OH is 4. The summed E-state index contributed by atoms with van der Waals surface area (Å²) in [5, 5.41) is 40.3. The topological polar surface area (TPSA) is 84.2 Å². The lowest BCUT2D eigenvalue weighted by Crippen LogP contribution is -2.62. The Morgan fingerprint density at radius 3 is 2.39 bits per heavy atom. The van der Waals surface area contributed by atoms with Crippen LogP contribution < -0.4 is 5.19 Å². The zero-order valence-corrected chi connectivity index (χ0v) is 14.7. The van der Waals surface area contributed by atoms with Crippen LogP contribution in [0.4, 0.5) is 0 Å². The third-order valence-corrected chi connectivity index (χ3v) is 7.50. The lowest BCUT2D eigenvalue weighted by molar-refractivity contribution is -0.142. The summed E-state index contributed by atoms with van der Waals surface area (Å²) < 4.78 is 0. The van der Waals surface area contributed by atoms with Gasteiger partial charge in [-0.1, -0.05) is 60.4 Å². The van der Waals surface area contributed by atoms with Gasteiger partial charge in [0, 0.05) is 13.1 Å². The van der Waals surface area contributed by atoms with E-state index in [1.54, 1.807) is 0 Å². The van der Waals surface area contributed by atoms with E-state index in [1.165, 1.54) is 5.19 Å². The van der Waals surface area contributed by atoms with Crippen LogP contribution in [0.15, 0.2) is 42.1 Å². The molecule has 0 spiro atoms. The number of benzene rings is 1. The Bertz CT molecular complexity index is 523. The molecule has 1 aromatic carbocycles. The lowest BCUT2D eigenvalue weighted by atomic mass is 9.94. The van der Waals surface area contributed by atoms with Crippen molar-refractivity contribution in [2.45, 2.75) is 37.4 Å². The van der Waals surface area contributed by atoms with Crippen LogP contribution in [0.25, 0.3) is 0 Å². The molecule has 2 rings (SSSR count). The van der Waals surface area contributed by atoms with Gasteiger partial charge in [-0.3, -0.25) is 4.90 Å². The summed E-state index contributed by atoms with van der Waals surface area (Å²) in [6, 6.07) is 9.80. The monoisotopic (exact) mass is 337 g/mol. The Labute approximate surface area is 138 Å². The minimum Gasteiger partial charge on any atom is -0.395 e. The average molecular weight is 337 g/mol. The van der Waals surface area contributed by atoms with Crippen molar-refractivity contribution in [3.8, 4) is 0 Å². The fourth-order valence-electron chi connectivity index (χ4n) is 3.03. The van der Waals surface area contributed by atoms with E-state index < -0.39 is 32.4 Å². The standard InChI is InChI=1S/C17H27NO4Si/c1-23(2,13-7-4-3-5-8-13)10-6-9-18-11-15(20)17(22)16(21)14(18)12-19/h3-8,10,14-17,19-22H,9,11-12H2,1-2H3/b10-6+/t14?,15-,16+,17+/m0/s1. The van der Waals surface area contributed by atoms with E-state index in [0.29, 0.717) is 6.54 Å². The number of hydrogen-bond acceptors (Lipinski definition) is 5. The van der Waals surface area contributed by atoms with Gasteiger partial charge in [0.05, 0.1) is 18.8 Å². The summed E-state index contributed by atoms with van der Waals surface area (Å²) in [5.41, 5.74) is 2.22. The fraction of sp³-hybridized carbons (Fsp3) is 0.529. The molecule has 1 unspecified atom stereocenters. The molecule has 1 fully saturated rings. The van der Waals surface area contributed by atoms with Crippen LogP contribution in [-0.2, 0) is 0 Å². The van der Waals surface area contributed by atoms with Crippen molar-refractivity contribution >= 4 is 13.3 Å². The van der Waals surface area contributed by atoms with Crippen LogP contribution in [0, 0.1) is 0 Å². The smallest absolute Gasteiger partial charge is 0.109 e. The number of piperidine rings is 1. The Morgan fingerprint density at radius 2 is 1.78 bits per heavy atom. The highest BCUT2D eigenvalue weighted by atomic mass is 28.3. The zero-order chi connectivity index (χ0) is 17.0. The second kappa shape index (κ2) is 7.70. The molecule has 1 saturated heterocycles. The molecule has 4 N–H and O–H groups in total. The van der Waals surface area contributed by atoms with Gasteiger partial charge in [0.25, 0.3) is 0 Å². The van der Waals surface area contributed by atoms with Crippen molar-refractivity contribution in [2.24, 2.45) is 0 Å². The van der Waals surface area contributed by atoms with Gasteiger partial charge in [0.15, 0.2) is 0 Å². The number of likely N-dealkylation sites (tertiary alicyclic amines) is 1. The van der Waals surface area contributed by atoms with Gasteiger partial charge in [0.1, 0.15) is 20.3 Å². The van der Waals surface area contributed by atoms with Crippen molar-refractivity contribution in [1.82, 2.24) is 4.90 Å². The molecule has 1 aliphatic rings. The van der Waals surface area contributed by atoms with Crippen molar-refractivity contribution in [1.29, 1.82) is 0 Å². The molecule has 1 aliphatic heterocycles. The molecule has 0 amide bonds. The van der Waals surface area contributed by atoms with Crippen molar-refractivity contribution in [3.63, 3.8) is 0 Å². The van der Waals surface area contributed by atoms with E-state index in [4.69, 9.17) is 0 Å². The highest BCUT2D eigenvalue weighted by molar-refractivity contribution is 6.93. The lowest BCUT2D eigenvalue weighted by Gasteiger charge is -2.42. The molecule has 0 bridgehead atoms. The van der Waals surface area contributed by atoms with Gasteiger partial charge in [0.2, 0.25) is 0 Å². The molecule has 5 nitrogen and oxygen atoms in total. The highest BCUT2D eigenvalue weighted by Crippen LogP contribution is 2.19. The third-order valence-electron chi connectivity index (χ3n) is 4.61. The number of aliphatic hydroxyl groups is 4. The molecular formula is C17H27NO4Si. The SMILES string of the molecule is C[Si](C)(/C=C/CN1C[C@H](O)[C@@H](O)[C@H](O)C1CO)c1ccccc1. The first-order valence-corrected chi connectivity index (χ1v) is 11.1. The Kier molecular flexibility index (Phi) is 6.13. The summed E-state index contributed by atoms with van der Waals surface area (Å²) in [7, 11) is -1.69. The Morgan fingerprint density at radius 1 is 1.13 bits per heavy atom. The summed E-state index contributed by atoms with van der Waals surface area (Å²) >= 11 is 0. The van der Waals surface area contributed by atoms with E-state index in [9.17, 15) is 20.4 Å². The Hall–Kier alpha value is -1.02. The molecule has 1 aromatic rings. The van der Waals surface area contributed by atoms with Crippen LogP contribution in [-0.4, -0.2) is 77.5 Å². The van der Waals surface area contributed by atoms with Gasteiger partial charge in [-0.2, -0.15) is 0 Å². The first kappa shape index (κ1) is 18.3. The average Bonchev–Trinajstić information content (AvgIpc) is 2.54. The molecule has 0 aromatic heterocycles. The number of hydrogen-bond donors (Lipinski definition) is 4. The molecule has 0 radical (unpaired) electrons. The van der Waals surface area contributed by atoms with Gasteiger partial charge in [-0.25, -0.2) is 0 Å². The highest BCUT2D eigenvalue weighted by Gasteiger charge is 2.40. The predicted octanol–water partition coefficient (Wildman–Crippen LogP) is -0.543. The maximum absolute atomic E-state index is 9.99. The summed E-state index contributed by atoms with van der Waals surface area (Å²) in [4.78, 5) is 1.81. The van der Waals surface area contributed by atoms with Gasteiger partial charge in [-0.05, 0) is 0 Å². The molecular weight excluding hydrogens is 310 g/mol. The normalized spacial score (nSPS) is 30.0. The van der Waals surface area contributed by atoms with E-state index in [0.717, 1.165) is 0 Å². The first-order chi connectivity index (χ1) is 10.9. The van der Waals surface area contributed by atoms with Crippen LogP contribution in [0.2, 0.25) is 13.1 Å². The second-order valence-electron chi connectivity index (χ2n) is 6.74. The first-order valence-electron chi connectivity index (χ1n) is 7.99. The van der Waals surface area contributed by atoms with Crippen LogP contribution in [0.5, 0.6) is 0 Å². The quantitative estimate of drug-likeness (QED) is 0.542. The number of β-amino-alcohol motifs (C(OH)–C–C–N with tert-alkyl or cyclic N) is 1. The van der Waals surface area contributed by atoms with Crippen molar-refractivity contribution < 1.29 is 20.4 Å². The second-order valence-corrected chi connectivity index (χ2v) is 11.1. The largest absolute Gasteiger partial charge is 0.395 e. The molecule has 0 aliphatic carbocycles. The molecule has 4 atom stereocenters. The number of nitrogens with zero attached hydrogens (tertiary/aromatic N) is 1. The summed E-state index contributed by atoms with van der Waals surface area (Å²) in [6.07, 6.45) is -1.31. The van der Waals surface area contributed by atoms with Gasteiger partial charge < -0.3 is 20.4 Å². The maximum atomic E-state index is 9.99. The van der Waals surface area contributed by atoms with Crippen LogP contribution >= 0.6 is 0 Å². The molecule has 1 heterocycles.